The van der Waals surface area contributed by atoms with Crippen LogP contribution in [0.3, 0.4) is 0 Å². The van der Waals surface area contributed by atoms with Crippen LogP contribution in [0.5, 0.6) is 0 Å². The van der Waals surface area contributed by atoms with Gasteiger partial charge < -0.3 is 29.4 Å². The van der Waals surface area contributed by atoms with Crippen LogP contribution in [0.25, 0.3) is 83.0 Å². The highest BCUT2D eigenvalue weighted by Crippen LogP contribution is 2.46. The second kappa shape index (κ2) is 70.6. The van der Waals surface area contributed by atoms with Crippen LogP contribution in [0.1, 0.15) is 262 Å². The fourth-order valence-electron chi connectivity index (χ4n) is 17.0. The van der Waals surface area contributed by atoms with E-state index in [1.165, 1.54) is 127 Å². The molecule has 0 saturated heterocycles. The van der Waals surface area contributed by atoms with E-state index in [9.17, 15) is 0 Å². The first-order chi connectivity index (χ1) is 71.8. The number of aryl methyl sites for hydroxylation is 10. The molecular formula is C128H190N19+3. The van der Waals surface area contributed by atoms with Crippen molar-refractivity contribution >= 4 is 117 Å². The standard InChI is InChI=1S/2C19H17N2.C18H18N3.3C14H16N4.15C2H6/c1-14-8-3-5-11-17(14)21-18-12-6-4-9-15(18)16-10-7-13-20(2)19(16)21;1-14-8-7-10-16-15-9-3-4-11-17(15)21(19(14)16)18-12-5-6-13-20(18)2;1-13-7-6-9-15-14-8-4-5-10-16(14)21(17(13)15)18-19(2)11-12-20(18)3;1-10-6-4-5-7-12(10)18-11(2)17(3)14-13(18)8-15-9-16-14;1-10-6-4-5-7-12(10)18-11(2)17(3)13-8-15-9-16-14(13)18;1-10-6-4-5-7-12(10)18-11(2)17(3)13-14(18)16-9-8-15-13;15*1-2/h2*3-13H,1-2H3;4-12H,1-3H3;3*4-9,11H,1-3H3;15*1-2H3/q3*+1;;;;;;;;;;;;;;;;;;/t;;;3*11-;;;;;;;;;;;;;;;/m...000.............../s1. The number of pyridine rings is 2. The number of hydrogen-bond donors (Lipinski definition) is 0. The molecule has 0 spiro atoms. The van der Waals surface area contributed by atoms with Crippen molar-refractivity contribution in [1.29, 1.82) is 0 Å². The van der Waals surface area contributed by atoms with Crippen LogP contribution in [0.2, 0.25) is 0 Å². The molecule has 21 rings (SSSR count). The second-order valence-corrected chi connectivity index (χ2v) is 30.5. The Hall–Kier alpha value is -14.1. The molecule has 794 valence electrons. The van der Waals surface area contributed by atoms with E-state index in [0.29, 0.717) is 0 Å². The molecule has 12 heterocycles. The van der Waals surface area contributed by atoms with Crippen LogP contribution in [-0.2, 0) is 28.2 Å². The van der Waals surface area contributed by atoms with Crippen molar-refractivity contribution in [2.75, 3.05) is 50.5 Å². The lowest BCUT2D eigenvalue weighted by molar-refractivity contribution is -0.665. The predicted octanol–water partition coefficient (Wildman–Crippen LogP) is 34.6. The molecule has 0 N–H and O–H groups in total. The molecule has 0 saturated carbocycles. The van der Waals surface area contributed by atoms with Gasteiger partial charge in [-0.05, 0) is 175 Å². The molecule has 0 unspecified atom stereocenters. The van der Waals surface area contributed by atoms with E-state index in [0.717, 1.165) is 40.6 Å². The Labute approximate surface area is 890 Å². The van der Waals surface area contributed by atoms with Gasteiger partial charge in [0.1, 0.15) is 75.8 Å². The number of aromatic nitrogens is 13. The van der Waals surface area contributed by atoms with Crippen LogP contribution in [-0.4, -0.2) is 87.8 Å². The van der Waals surface area contributed by atoms with E-state index >= 15 is 0 Å². The van der Waals surface area contributed by atoms with Gasteiger partial charge in [-0.1, -0.05) is 359 Å². The van der Waals surface area contributed by atoms with Crippen molar-refractivity contribution in [3.63, 3.8) is 0 Å². The van der Waals surface area contributed by atoms with E-state index in [1.54, 1.807) is 25.0 Å². The van der Waals surface area contributed by atoms with Gasteiger partial charge in [0.25, 0.3) is 11.5 Å². The molecule has 19 heteroatoms. The number of fused-ring (bicyclic) bond motifs is 12. The molecule has 9 aromatic heterocycles. The van der Waals surface area contributed by atoms with Gasteiger partial charge >= 0.3 is 5.95 Å². The maximum atomic E-state index is 4.48. The summed E-state index contributed by atoms with van der Waals surface area (Å²) in [6.45, 7) is 79.4. The predicted molar refractivity (Wildman–Crippen MR) is 649 cm³/mol. The fraction of sp³-hybridized carbons (Fsp3) is 0.383. The molecule has 3 aliphatic heterocycles. The number of imidazole rings is 1. The number of anilines is 9. The van der Waals surface area contributed by atoms with Crippen molar-refractivity contribution in [2.24, 2.45) is 28.2 Å². The zero-order valence-corrected chi connectivity index (χ0v) is 99.5. The number of para-hydroxylation sites is 9. The third kappa shape index (κ3) is 30.6. The molecule has 0 radical (unpaired) electrons. The summed E-state index contributed by atoms with van der Waals surface area (Å²) in [5.41, 5.74) is 22.2. The quantitative estimate of drug-likeness (QED) is 0.147. The molecular weight excluding hydrogens is 1800 g/mol. The number of rotatable bonds is 6. The summed E-state index contributed by atoms with van der Waals surface area (Å²) in [4.78, 5) is 39.2. The minimum atomic E-state index is 0.225. The van der Waals surface area contributed by atoms with E-state index in [-0.39, 0.29) is 18.5 Å². The minimum Gasteiger partial charge on any atom is -0.350 e. The molecule has 3 atom stereocenters. The second-order valence-electron chi connectivity index (χ2n) is 30.5. The summed E-state index contributed by atoms with van der Waals surface area (Å²) in [7, 11) is 14.6. The van der Waals surface area contributed by atoms with Gasteiger partial charge in [-0.15, -0.1) is 0 Å². The van der Waals surface area contributed by atoms with Crippen molar-refractivity contribution < 1.29 is 13.7 Å². The Morgan fingerprint density at radius 1 is 0.245 bits per heavy atom. The number of nitrogens with zero attached hydrogens (tertiary/aromatic N) is 19. The van der Waals surface area contributed by atoms with Crippen LogP contribution in [0, 0.1) is 41.5 Å². The lowest BCUT2D eigenvalue weighted by Gasteiger charge is -2.28. The Kier molecular flexibility index (Phi) is 62.9. The zero-order valence-electron chi connectivity index (χ0n) is 99.5. The summed E-state index contributed by atoms with van der Waals surface area (Å²) >= 11 is 0. The summed E-state index contributed by atoms with van der Waals surface area (Å²) < 4.78 is 15.8. The first kappa shape index (κ1) is 131. The maximum absolute atomic E-state index is 4.48. The van der Waals surface area contributed by atoms with E-state index in [2.05, 4.69) is 464 Å². The van der Waals surface area contributed by atoms with Crippen LogP contribution < -0.4 is 43.1 Å². The zero-order chi connectivity index (χ0) is 111. The van der Waals surface area contributed by atoms with Gasteiger partial charge in [0.2, 0.25) is 0 Å². The molecule has 3 aliphatic rings. The first-order valence-corrected chi connectivity index (χ1v) is 54.8. The average Bonchev–Trinajstić information content (AvgIpc) is 1.58. The monoisotopic (exact) mass is 1990 g/mol. The molecule has 19 nitrogen and oxygen atoms in total. The normalized spacial score (nSPS) is 12.1. The molecule has 0 fully saturated rings. The SMILES string of the molecule is CC.CC.CC.CC.CC.CC.CC.CC.CC.CC.CC.CC.CC.CC.CC.Cc1cccc2c3ccccc3n(-c3cccc[n+]3C)c12.Cc1cccc2c3ccccc3n(-c3n(C)cc[n+]3C)c12.Cc1ccccc1-n1c2ccccc2c2ccc[n+](C)c21.Cc1ccccc1N1c2cncnc2N(C)[C@@H]1C.Cc1ccccc1N1c2nccnc2N(C)[C@@H]1C.Cc1ccccc1N1c2ncncc2N(C)[C@@H]1C. The summed E-state index contributed by atoms with van der Waals surface area (Å²) in [5, 5.41) is 7.82. The molecule has 18 aromatic rings. The van der Waals surface area contributed by atoms with Crippen molar-refractivity contribution in [1.82, 2.24) is 48.2 Å². The lowest BCUT2D eigenvalue weighted by Crippen LogP contribution is -2.36. The third-order valence-corrected chi connectivity index (χ3v) is 23.2. The maximum Gasteiger partial charge on any atom is 0.369 e. The van der Waals surface area contributed by atoms with Crippen LogP contribution in [0.4, 0.5) is 51.7 Å². The van der Waals surface area contributed by atoms with Crippen molar-refractivity contribution in [3.8, 4) is 17.5 Å². The highest BCUT2D eigenvalue weighted by molar-refractivity contribution is 6.11. The van der Waals surface area contributed by atoms with Gasteiger partial charge in [-0.2, -0.15) is 13.7 Å². The minimum absolute atomic E-state index is 0.225. The van der Waals surface area contributed by atoms with Gasteiger partial charge in [0.15, 0.2) is 23.3 Å². The van der Waals surface area contributed by atoms with Crippen LogP contribution >= 0.6 is 0 Å². The van der Waals surface area contributed by atoms with Gasteiger partial charge in [0.05, 0.1) is 70.8 Å². The molecule has 147 heavy (non-hydrogen) atoms. The van der Waals surface area contributed by atoms with E-state index in [4.69, 9.17) is 0 Å². The largest absolute Gasteiger partial charge is 0.369 e. The van der Waals surface area contributed by atoms with E-state index < -0.39 is 0 Å². The highest BCUT2D eigenvalue weighted by Gasteiger charge is 2.37. The topological polar surface area (TPSA) is 128 Å². The Morgan fingerprint density at radius 3 is 1.01 bits per heavy atom. The third-order valence-electron chi connectivity index (χ3n) is 23.2. The fourth-order valence-corrected chi connectivity index (χ4v) is 17.0. The molecule has 0 aliphatic carbocycles. The summed E-state index contributed by atoms with van der Waals surface area (Å²) in [5.74, 6) is 6.18. The summed E-state index contributed by atoms with van der Waals surface area (Å²) in [6.07, 6.45) is 19.6. The molecule has 0 bridgehead atoms. The highest BCUT2D eigenvalue weighted by atomic mass is 15.5. The number of hydrogen-bond acceptors (Lipinski definition) is 12. The lowest BCUT2D eigenvalue weighted by atomic mass is 10.1. The van der Waals surface area contributed by atoms with E-state index in [1.807, 2.05) is 220 Å². The smallest absolute Gasteiger partial charge is 0.350 e. The van der Waals surface area contributed by atoms with Gasteiger partial charge in [0, 0.05) is 83.6 Å². The van der Waals surface area contributed by atoms with Crippen molar-refractivity contribution in [2.45, 2.75) is 289 Å². The first-order valence-electron chi connectivity index (χ1n) is 54.8. The Morgan fingerprint density at radius 2 is 0.571 bits per heavy atom. The summed E-state index contributed by atoms with van der Waals surface area (Å²) in [6, 6.07) is 83.2. The van der Waals surface area contributed by atoms with Gasteiger partial charge in [-0.3, -0.25) is 0 Å². The molecule has 9 aromatic carbocycles. The Bertz CT molecular complexity index is 6260. The molecule has 0 amide bonds. The van der Waals surface area contributed by atoms with Gasteiger partial charge in [-0.25, -0.2) is 48.2 Å². The number of benzene rings is 9. The van der Waals surface area contributed by atoms with Crippen molar-refractivity contribution in [3.05, 3.63) is 332 Å². The van der Waals surface area contributed by atoms with Crippen LogP contribution in [0.15, 0.2) is 299 Å². The average molecular weight is 2000 g/mol. The Balaban J connectivity index is 0.000000838.